The Kier molecular flexibility index (Phi) is 13.7. The van der Waals surface area contributed by atoms with Gasteiger partial charge in [-0.1, -0.05) is 47.5 Å². The van der Waals surface area contributed by atoms with Crippen LogP contribution in [0, 0.1) is 19.8 Å². The summed E-state index contributed by atoms with van der Waals surface area (Å²) in [6, 6.07) is 0. The fourth-order valence-electron chi connectivity index (χ4n) is 0. The van der Waals surface area contributed by atoms with E-state index in [2.05, 4.69) is 34.6 Å². The Morgan fingerprint density at radius 1 is 1.38 bits per heavy atom. The van der Waals surface area contributed by atoms with Gasteiger partial charge in [0.1, 0.15) is 0 Å². The summed E-state index contributed by atoms with van der Waals surface area (Å²) in [4.78, 5) is 0. The van der Waals surface area contributed by atoms with E-state index in [4.69, 9.17) is 0 Å². The number of hydrogen-bond donors (Lipinski definition) is 0. The molecular weight excluding hydrogens is 96.1 g/mol. The van der Waals surface area contributed by atoms with E-state index in [1.165, 1.54) is 6.42 Å². The zero-order chi connectivity index (χ0) is 6.99. The largest absolute Gasteiger partial charge is 0.0654 e. The van der Waals surface area contributed by atoms with Gasteiger partial charge in [-0.05, 0) is 5.92 Å². The molecule has 8 heavy (non-hydrogen) atoms. The smallest absolute Gasteiger partial charge is 0.0471 e. The van der Waals surface area contributed by atoms with Gasteiger partial charge in [-0.25, -0.2) is 0 Å². The Morgan fingerprint density at radius 2 is 1.50 bits per heavy atom. The van der Waals surface area contributed by atoms with E-state index in [9.17, 15) is 0 Å². The van der Waals surface area contributed by atoms with Crippen molar-refractivity contribution in [1.29, 1.82) is 0 Å². The molecule has 0 atom stereocenters. The van der Waals surface area contributed by atoms with E-state index in [1.54, 1.807) is 0 Å². The van der Waals surface area contributed by atoms with E-state index in [0.717, 1.165) is 6.42 Å². The molecule has 0 saturated heterocycles. The molecule has 0 fully saturated rings. The fraction of sp³-hybridized carbons (Fsp3) is 0.750. The molecule has 0 aromatic rings. The fourth-order valence-corrected chi connectivity index (χ4v) is 0. The van der Waals surface area contributed by atoms with Gasteiger partial charge in [0.05, 0.1) is 0 Å². The van der Waals surface area contributed by atoms with Crippen molar-refractivity contribution in [2.75, 3.05) is 0 Å². The van der Waals surface area contributed by atoms with E-state index in [-0.39, 0.29) is 0 Å². The van der Waals surface area contributed by atoms with Crippen LogP contribution in [0.2, 0.25) is 0 Å². The molecule has 0 unspecified atom stereocenters. The van der Waals surface area contributed by atoms with Gasteiger partial charge >= 0.3 is 0 Å². The van der Waals surface area contributed by atoms with E-state index >= 15 is 0 Å². The summed E-state index contributed by atoms with van der Waals surface area (Å²) in [7, 11) is 0. The highest BCUT2D eigenvalue weighted by atomic mass is 13.7. The average molecular weight is 114 g/mol. The third-order valence-electron chi connectivity index (χ3n) is 0.354. The van der Waals surface area contributed by atoms with Crippen LogP contribution in [0.5, 0.6) is 0 Å². The monoisotopic (exact) mass is 114 g/mol. The number of hydrogen-bond acceptors (Lipinski definition) is 0. The van der Waals surface area contributed by atoms with Gasteiger partial charge in [0.25, 0.3) is 0 Å². The number of rotatable bonds is 1. The first-order valence-electron chi connectivity index (χ1n) is 3.27. The van der Waals surface area contributed by atoms with Crippen LogP contribution in [0.1, 0.15) is 33.6 Å². The van der Waals surface area contributed by atoms with Crippen molar-refractivity contribution in [1.82, 2.24) is 0 Å². The van der Waals surface area contributed by atoms with Crippen molar-refractivity contribution in [3.05, 3.63) is 13.8 Å². The molecule has 2 radical (unpaired) electrons. The minimum atomic E-state index is 0.583. The third kappa shape index (κ3) is 150. The minimum absolute atomic E-state index is 0.583. The first-order chi connectivity index (χ1) is 3.65. The summed E-state index contributed by atoms with van der Waals surface area (Å²) in [6.07, 6.45) is 2.28. The molecule has 0 nitrogen and oxygen atoms in total. The summed E-state index contributed by atoms with van der Waals surface area (Å²) in [5.41, 5.74) is 0. The highest BCUT2D eigenvalue weighted by Gasteiger charge is 1.68. The maximum atomic E-state index is 3.64. The summed E-state index contributed by atoms with van der Waals surface area (Å²) < 4.78 is 0. The molecule has 0 aliphatic rings. The van der Waals surface area contributed by atoms with E-state index in [1.807, 2.05) is 0 Å². The molecule has 0 heterocycles. The van der Waals surface area contributed by atoms with Crippen LogP contribution in [-0.2, 0) is 0 Å². The molecule has 0 bridgehead atoms. The SMILES string of the molecule is [CH2]C(C)C.[CH2]CCC. The quantitative estimate of drug-likeness (QED) is 0.491. The molecule has 0 aromatic heterocycles. The molecule has 0 heteroatoms. The molecule has 50 valence electrons. The summed E-state index contributed by atoms with van der Waals surface area (Å²) >= 11 is 0. The lowest BCUT2D eigenvalue weighted by Crippen LogP contribution is -1.67. The van der Waals surface area contributed by atoms with Crippen LogP contribution < -0.4 is 0 Å². The standard InChI is InChI=1S/2C4H9/c1-4(2)3;1-3-4-2/h4H,1H2,2-3H3;1,3-4H2,2H3. The predicted octanol–water partition coefficient (Wildman–Crippen LogP) is 3.10. The van der Waals surface area contributed by atoms with Gasteiger partial charge < -0.3 is 0 Å². The molecular formula is C8H18. The van der Waals surface area contributed by atoms with Gasteiger partial charge in [-0.3, -0.25) is 0 Å². The average Bonchev–Trinajstić information content (AvgIpc) is 1.65. The molecule has 0 N–H and O–H groups in total. The van der Waals surface area contributed by atoms with Gasteiger partial charge in [0, 0.05) is 0 Å². The third-order valence-corrected chi connectivity index (χ3v) is 0.354. The van der Waals surface area contributed by atoms with Crippen molar-refractivity contribution in [3.8, 4) is 0 Å². The molecule has 0 aromatic carbocycles. The second kappa shape index (κ2) is 10.1. The zero-order valence-electron chi connectivity index (χ0n) is 6.41. The van der Waals surface area contributed by atoms with Crippen molar-refractivity contribution < 1.29 is 0 Å². The summed E-state index contributed by atoms with van der Waals surface area (Å²) in [5.74, 6) is 0.583. The van der Waals surface area contributed by atoms with Gasteiger partial charge in [-0.2, -0.15) is 0 Å². The van der Waals surface area contributed by atoms with Crippen molar-refractivity contribution >= 4 is 0 Å². The predicted molar refractivity (Wildman–Crippen MR) is 40.5 cm³/mol. The first-order valence-corrected chi connectivity index (χ1v) is 3.27. The van der Waals surface area contributed by atoms with Crippen molar-refractivity contribution in [3.63, 3.8) is 0 Å². The second-order valence-corrected chi connectivity index (χ2v) is 2.25. The topological polar surface area (TPSA) is 0 Å². The maximum Gasteiger partial charge on any atom is -0.0471 e. The van der Waals surface area contributed by atoms with Crippen molar-refractivity contribution in [2.45, 2.75) is 33.6 Å². The summed E-state index contributed by atoms with van der Waals surface area (Å²) in [6.45, 7) is 13.5. The Balaban J connectivity index is 0. The molecule has 0 saturated carbocycles. The van der Waals surface area contributed by atoms with Crippen LogP contribution in [0.4, 0.5) is 0 Å². The second-order valence-electron chi connectivity index (χ2n) is 2.25. The Labute approximate surface area is 54.3 Å². The zero-order valence-corrected chi connectivity index (χ0v) is 6.41. The molecule has 0 rings (SSSR count). The van der Waals surface area contributed by atoms with Crippen LogP contribution in [-0.4, -0.2) is 0 Å². The van der Waals surface area contributed by atoms with Crippen LogP contribution in [0.25, 0.3) is 0 Å². The maximum absolute atomic E-state index is 3.64. The Bertz CT molecular complexity index is 16.5. The Hall–Kier alpha value is 0. The minimum Gasteiger partial charge on any atom is -0.0654 e. The molecule has 0 aliphatic heterocycles. The molecule has 0 amide bonds. The highest BCUT2D eigenvalue weighted by Crippen LogP contribution is 1.80. The Morgan fingerprint density at radius 3 is 1.50 bits per heavy atom. The van der Waals surface area contributed by atoms with Crippen LogP contribution in [0.15, 0.2) is 0 Å². The number of unbranched alkanes of at least 4 members (excludes halogenated alkanes) is 1. The van der Waals surface area contributed by atoms with E-state index in [0.29, 0.717) is 5.92 Å². The highest BCUT2D eigenvalue weighted by molar-refractivity contribution is 4.38. The van der Waals surface area contributed by atoms with Gasteiger partial charge in [-0.15, -0.1) is 0 Å². The van der Waals surface area contributed by atoms with Crippen molar-refractivity contribution in [2.24, 2.45) is 5.92 Å². The molecule has 0 spiro atoms. The lowest BCUT2D eigenvalue weighted by molar-refractivity contribution is 0.827. The summed E-state index contributed by atoms with van der Waals surface area (Å²) in [5, 5.41) is 0. The van der Waals surface area contributed by atoms with E-state index < -0.39 is 0 Å². The molecule has 0 aliphatic carbocycles. The van der Waals surface area contributed by atoms with Crippen LogP contribution >= 0.6 is 0 Å². The lowest BCUT2D eigenvalue weighted by Gasteiger charge is -1.78. The van der Waals surface area contributed by atoms with Crippen LogP contribution in [0.3, 0.4) is 0 Å². The van der Waals surface area contributed by atoms with Gasteiger partial charge in [0.15, 0.2) is 0 Å². The van der Waals surface area contributed by atoms with Gasteiger partial charge in [0.2, 0.25) is 0 Å². The lowest BCUT2D eigenvalue weighted by atomic mass is 10.3. The normalized spacial score (nSPS) is 8.25. The first kappa shape index (κ1) is 10.9.